The molecule has 3 rings (SSSR count). The minimum Gasteiger partial charge on any atom is -0.448 e. The fourth-order valence-electron chi connectivity index (χ4n) is 3.55. The Morgan fingerprint density at radius 2 is 2.00 bits per heavy atom. The highest BCUT2D eigenvalue weighted by Gasteiger charge is 2.75. The summed E-state index contributed by atoms with van der Waals surface area (Å²) in [5.74, 6) is -0.552. The fourth-order valence-corrected chi connectivity index (χ4v) is 3.74. The molecule has 1 saturated heterocycles. The molecule has 1 aliphatic carbocycles. The average molecular weight is 308 g/mol. The third-order valence-electron chi connectivity index (χ3n) is 5.53. The minimum atomic E-state index is -1.10. The lowest BCUT2D eigenvalue weighted by Crippen LogP contribution is -2.50. The first-order chi connectivity index (χ1) is 9.73. The summed E-state index contributed by atoms with van der Waals surface area (Å²) >= 11 is 5.93. The van der Waals surface area contributed by atoms with Crippen LogP contribution < -0.4 is 5.32 Å². The maximum Gasteiger partial charge on any atom is 0.313 e. The van der Waals surface area contributed by atoms with E-state index in [1.54, 1.807) is 24.3 Å². The molecule has 0 unspecified atom stereocenters. The van der Waals surface area contributed by atoms with Gasteiger partial charge in [0.05, 0.1) is 5.41 Å². The second-order valence-electron chi connectivity index (χ2n) is 6.64. The topological polar surface area (TPSA) is 55.4 Å². The molecule has 2 bridgehead atoms. The Morgan fingerprint density at radius 3 is 2.52 bits per heavy atom. The number of halogens is 1. The summed E-state index contributed by atoms with van der Waals surface area (Å²) in [4.78, 5) is 24.9. The molecular weight excluding hydrogens is 290 g/mol. The highest BCUT2D eigenvalue weighted by Crippen LogP contribution is 2.65. The van der Waals surface area contributed by atoms with Crippen molar-refractivity contribution in [1.82, 2.24) is 0 Å². The number of hydrogen-bond donors (Lipinski definition) is 1. The molecule has 1 heterocycles. The first kappa shape index (κ1) is 14.4. The van der Waals surface area contributed by atoms with Gasteiger partial charge in [-0.2, -0.15) is 0 Å². The lowest BCUT2D eigenvalue weighted by Gasteiger charge is -2.35. The second kappa shape index (κ2) is 4.23. The summed E-state index contributed by atoms with van der Waals surface area (Å²) < 4.78 is 5.55. The largest absolute Gasteiger partial charge is 0.448 e. The summed E-state index contributed by atoms with van der Waals surface area (Å²) in [6, 6.07) is 6.94. The van der Waals surface area contributed by atoms with E-state index in [1.807, 2.05) is 20.8 Å². The van der Waals surface area contributed by atoms with Gasteiger partial charge in [0.15, 0.2) is 5.60 Å². The van der Waals surface area contributed by atoms with E-state index in [9.17, 15) is 9.59 Å². The summed E-state index contributed by atoms with van der Waals surface area (Å²) in [6.07, 6.45) is 1.22. The molecule has 4 nitrogen and oxygen atoms in total. The maximum absolute atomic E-state index is 12.8. The number of fused-ring (bicyclic) bond motifs is 2. The lowest BCUT2D eigenvalue weighted by atomic mass is 9.66. The van der Waals surface area contributed by atoms with Gasteiger partial charge >= 0.3 is 5.97 Å². The van der Waals surface area contributed by atoms with Crippen LogP contribution in [0.5, 0.6) is 0 Å². The molecule has 1 N–H and O–H groups in total. The number of esters is 1. The van der Waals surface area contributed by atoms with Crippen LogP contribution in [0.25, 0.3) is 0 Å². The number of nitrogens with one attached hydrogen (secondary N) is 1. The van der Waals surface area contributed by atoms with Crippen LogP contribution >= 0.6 is 11.6 Å². The van der Waals surface area contributed by atoms with Crippen molar-refractivity contribution < 1.29 is 14.3 Å². The van der Waals surface area contributed by atoms with Gasteiger partial charge in [0, 0.05) is 16.1 Å². The minimum absolute atomic E-state index is 0.274. The van der Waals surface area contributed by atoms with E-state index in [-0.39, 0.29) is 11.9 Å². The van der Waals surface area contributed by atoms with E-state index in [2.05, 4.69) is 5.32 Å². The second-order valence-corrected chi connectivity index (χ2v) is 7.07. The highest BCUT2D eigenvalue weighted by molar-refractivity contribution is 6.30. The van der Waals surface area contributed by atoms with E-state index >= 15 is 0 Å². The van der Waals surface area contributed by atoms with Crippen molar-refractivity contribution in [3.05, 3.63) is 29.3 Å². The number of rotatable bonds is 2. The highest BCUT2D eigenvalue weighted by atomic mass is 35.5. The maximum atomic E-state index is 12.8. The number of hydrogen-bond acceptors (Lipinski definition) is 3. The quantitative estimate of drug-likeness (QED) is 0.852. The van der Waals surface area contributed by atoms with Gasteiger partial charge in [0.1, 0.15) is 0 Å². The molecule has 1 saturated carbocycles. The summed E-state index contributed by atoms with van der Waals surface area (Å²) in [7, 11) is 0. The van der Waals surface area contributed by atoms with Gasteiger partial charge in [0.2, 0.25) is 0 Å². The normalized spacial score (nSPS) is 32.9. The SMILES string of the molecule is CC1(C)[C@@]2(C)CC[C@]1(C(=O)Nc1cccc(Cl)c1)OC2=O. The van der Waals surface area contributed by atoms with Crippen molar-refractivity contribution in [2.24, 2.45) is 10.8 Å². The molecule has 2 aliphatic rings. The Kier molecular flexibility index (Phi) is 2.90. The Balaban J connectivity index is 1.93. The van der Waals surface area contributed by atoms with E-state index in [4.69, 9.17) is 16.3 Å². The zero-order valence-electron chi connectivity index (χ0n) is 12.3. The van der Waals surface area contributed by atoms with Gasteiger partial charge in [-0.15, -0.1) is 0 Å². The van der Waals surface area contributed by atoms with Crippen molar-refractivity contribution in [3.63, 3.8) is 0 Å². The number of benzene rings is 1. The number of carbonyl (C=O) groups is 2. The van der Waals surface area contributed by atoms with Gasteiger partial charge in [-0.25, -0.2) is 0 Å². The monoisotopic (exact) mass is 307 g/mol. The first-order valence-corrected chi connectivity index (χ1v) is 7.41. The number of carbonyl (C=O) groups excluding carboxylic acids is 2. The molecule has 0 aromatic heterocycles. The Bertz CT molecular complexity index is 642. The van der Waals surface area contributed by atoms with Gasteiger partial charge in [-0.1, -0.05) is 31.5 Å². The molecule has 0 spiro atoms. The van der Waals surface area contributed by atoms with E-state index < -0.39 is 16.4 Å². The van der Waals surface area contributed by atoms with Crippen LogP contribution in [0.2, 0.25) is 5.02 Å². The summed E-state index contributed by atoms with van der Waals surface area (Å²) in [5.41, 5.74) is -1.63. The van der Waals surface area contributed by atoms with Crippen LogP contribution in [-0.2, 0) is 14.3 Å². The Labute approximate surface area is 128 Å². The molecule has 112 valence electrons. The van der Waals surface area contributed by atoms with Crippen molar-refractivity contribution >= 4 is 29.2 Å². The number of ether oxygens (including phenoxy) is 1. The number of anilines is 1. The third-order valence-corrected chi connectivity index (χ3v) is 5.77. The lowest BCUT2D eigenvalue weighted by molar-refractivity contribution is -0.165. The summed E-state index contributed by atoms with van der Waals surface area (Å²) in [6.45, 7) is 5.75. The van der Waals surface area contributed by atoms with Crippen LogP contribution in [0.15, 0.2) is 24.3 Å². The van der Waals surface area contributed by atoms with E-state index in [1.165, 1.54) is 0 Å². The van der Waals surface area contributed by atoms with Gasteiger partial charge in [-0.05, 0) is 38.0 Å². The van der Waals surface area contributed by atoms with E-state index in [0.717, 1.165) is 0 Å². The molecule has 1 aliphatic heterocycles. The molecule has 2 atom stereocenters. The molecule has 0 radical (unpaired) electrons. The van der Waals surface area contributed by atoms with Crippen molar-refractivity contribution in [2.45, 2.75) is 39.2 Å². The Hall–Kier alpha value is -1.55. The van der Waals surface area contributed by atoms with Crippen LogP contribution in [0.1, 0.15) is 33.6 Å². The standard InChI is InChI=1S/C16H18ClNO3/c1-14(2)15(3)7-8-16(14,21-13(15)20)12(19)18-11-6-4-5-10(17)9-11/h4-6,9H,7-8H2,1-3H3,(H,18,19)/t15-,16+/m0/s1. The smallest absolute Gasteiger partial charge is 0.313 e. The molecule has 2 fully saturated rings. The molecule has 1 aromatic rings. The van der Waals surface area contributed by atoms with Crippen LogP contribution in [0.4, 0.5) is 5.69 Å². The average Bonchev–Trinajstić information content (AvgIpc) is 2.69. The van der Waals surface area contributed by atoms with Gasteiger partial charge in [0.25, 0.3) is 5.91 Å². The molecule has 21 heavy (non-hydrogen) atoms. The fraction of sp³-hybridized carbons (Fsp3) is 0.500. The van der Waals surface area contributed by atoms with Crippen molar-refractivity contribution in [2.75, 3.05) is 5.32 Å². The first-order valence-electron chi connectivity index (χ1n) is 7.03. The van der Waals surface area contributed by atoms with Crippen molar-refractivity contribution in [1.29, 1.82) is 0 Å². The number of amides is 1. The predicted octanol–water partition coefficient (Wildman–Crippen LogP) is 3.40. The van der Waals surface area contributed by atoms with E-state index in [0.29, 0.717) is 23.6 Å². The molecule has 1 aromatic carbocycles. The van der Waals surface area contributed by atoms with Gasteiger partial charge in [-0.3, -0.25) is 9.59 Å². The van der Waals surface area contributed by atoms with Gasteiger partial charge < -0.3 is 10.1 Å². The van der Waals surface area contributed by atoms with Crippen LogP contribution in [0.3, 0.4) is 0 Å². The summed E-state index contributed by atoms with van der Waals surface area (Å²) in [5, 5.41) is 3.38. The molecule has 1 amide bonds. The van der Waals surface area contributed by atoms with Crippen molar-refractivity contribution in [3.8, 4) is 0 Å². The van der Waals surface area contributed by atoms with Crippen LogP contribution in [-0.4, -0.2) is 17.5 Å². The Morgan fingerprint density at radius 1 is 1.29 bits per heavy atom. The third kappa shape index (κ3) is 1.68. The zero-order chi connectivity index (χ0) is 15.5. The predicted molar refractivity (Wildman–Crippen MR) is 80.0 cm³/mol. The zero-order valence-corrected chi connectivity index (χ0v) is 13.1. The molecule has 5 heteroatoms. The van der Waals surface area contributed by atoms with Crippen LogP contribution in [0, 0.1) is 10.8 Å². The molecular formula is C16H18ClNO3.